The van der Waals surface area contributed by atoms with Crippen molar-refractivity contribution in [3.8, 4) is 5.75 Å². The molecule has 2 aromatic rings. The third-order valence-corrected chi connectivity index (χ3v) is 3.70. The Hall–Kier alpha value is -2.89. The van der Waals surface area contributed by atoms with Crippen LogP contribution in [0, 0.1) is 17.0 Å². The minimum atomic E-state index is -0.522. The van der Waals surface area contributed by atoms with Crippen LogP contribution in [0.25, 0.3) is 0 Å². The summed E-state index contributed by atoms with van der Waals surface area (Å²) in [7, 11) is 0. The molecule has 0 aliphatic rings. The Morgan fingerprint density at radius 2 is 1.80 bits per heavy atom. The molecular weight excluding hydrogens is 320 g/mol. The summed E-state index contributed by atoms with van der Waals surface area (Å²) in [5.41, 5.74) is 2.46. The number of carbonyl (C=O) groups is 1. The first-order chi connectivity index (χ1) is 11.7. The van der Waals surface area contributed by atoms with E-state index in [4.69, 9.17) is 4.74 Å². The van der Waals surface area contributed by atoms with Crippen LogP contribution < -0.4 is 10.1 Å². The first-order valence-corrected chi connectivity index (χ1v) is 7.95. The molecule has 2 rings (SSSR count). The highest BCUT2D eigenvalue weighted by molar-refractivity contribution is 5.91. The molecule has 0 spiro atoms. The molecule has 1 N–H and O–H groups in total. The van der Waals surface area contributed by atoms with Crippen LogP contribution in [0.5, 0.6) is 5.75 Å². The summed E-state index contributed by atoms with van der Waals surface area (Å²) in [5.74, 6) is -0.299. The summed E-state index contributed by atoms with van der Waals surface area (Å²) < 4.78 is 5.31. The van der Waals surface area contributed by atoms with Crippen LogP contribution in [0.2, 0.25) is 0 Å². The van der Waals surface area contributed by atoms with E-state index < -0.39 is 4.92 Å². The largest absolute Gasteiger partial charge is 0.477 e. The van der Waals surface area contributed by atoms with Gasteiger partial charge in [0.1, 0.15) is 0 Å². The number of benzene rings is 2. The predicted octanol–water partition coefficient (Wildman–Crippen LogP) is 4.22. The maximum absolute atomic E-state index is 12.0. The van der Waals surface area contributed by atoms with Crippen molar-refractivity contribution < 1.29 is 14.5 Å². The van der Waals surface area contributed by atoms with Crippen molar-refractivity contribution in [2.24, 2.45) is 0 Å². The Morgan fingerprint density at radius 3 is 2.36 bits per heavy atom. The minimum Gasteiger partial charge on any atom is -0.477 e. The Labute approximate surface area is 147 Å². The topological polar surface area (TPSA) is 81.5 Å². The van der Waals surface area contributed by atoms with Gasteiger partial charge in [0.05, 0.1) is 4.92 Å². The number of anilines is 1. The molecule has 25 heavy (non-hydrogen) atoms. The summed E-state index contributed by atoms with van der Waals surface area (Å²) in [6.07, 6.45) is 0. The predicted molar refractivity (Wildman–Crippen MR) is 97.1 cm³/mol. The molecule has 0 heterocycles. The summed E-state index contributed by atoms with van der Waals surface area (Å²) in [5, 5.41) is 13.8. The number of nitrogens with one attached hydrogen (secondary N) is 1. The smallest absolute Gasteiger partial charge is 0.311 e. The van der Waals surface area contributed by atoms with Crippen LogP contribution in [0.4, 0.5) is 11.4 Å². The standard InChI is InChI=1S/C19H22N2O4/c1-13-5-10-17(16(11-13)21(23)24)25-12-18(22)20-15-8-6-14(7-9-15)19(2,3)4/h5-11H,12H2,1-4H3,(H,20,22). The van der Waals surface area contributed by atoms with Crippen LogP contribution in [0.1, 0.15) is 31.9 Å². The number of carbonyl (C=O) groups excluding carboxylic acids is 1. The van der Waals surface area contributed by atoms with Crippen LogP contribution in [-0.4, -0.2) is 17.4 Å². The van der Waals surface area contributed by atoms with E-state index in [2.05, 4.69) is 26.1 Å². The molecule has 6 heteroatoms. The Bertz CT molecular complexity index is 777. The first kappa shape index (κ1) is 18.4. The van der Waals surface area contributed by atoms with Gasteiger partial charge in [-0.2, -0.15) is 0 Å². The maximum atomic E-state index is 12.0. The van der Waals surface area contributed by atoms with Gasteiger partial charge in [0.15, 0.2) is 12.4 Å². The van der Waals surface area contributed by atoms with Crippen molar-refractivity contribution in [1.82, 2.24) is 0 Å². The molecule has 0 aliphatic heterocycles. The molecule has 1 amide bonds. The molecule has 6 nitrogen and oxygen atoms in total. The Balaban J connectivity index is 1.99. The lowest BCUT2D eigenvalue weighted by Gasteiger charge is -2.19. The number of ether oxygens (including phenoxy) is 1. The van der Waals surface area contributed by atoms with Crippen molar-refractivity contribution in [2.75, 3.05) is 11.9 Å². The van der Waals surface area contributed by atoms with Gasteiger partial charge in [-0.3, -0.25) is 14.9 Å². The molecule has 2 aromatic carbocycles. The van der Waals surface area contributed by atoms with Crippen LogP contribution >= 0.6 is 0 Å². The van der Waals surface area contributed by atoms with Gasteiger partial charge in [-0.15, -0.1) is 0 Å². The van der Waals surface area contributed by atoms with Gasteiger partial charge in [-0.1, -0.05) is 39.0 Å². The monoisotopic (exact) mass is 342 g/mol. The summed E-state index contributed by atoms with van der Waals surface area (Å²) in [6, 6.07) is 12.2. The first-order valence-electron chi connectivity index (χ1n) is 7.95. The Morgan fingerprint density at radius 1 is 1.16 bits per heavy atom. The van der Waals surface area contributed by atoms with Gasteiger partial charge < -0.3 is 10.1 Å². The lowest BCUT2D eigenvalue weighted by molar-refractivity contribution is -0.385. The van der Waals surface area contributed by atoms with Gasteiger partial charge in [-0.05, 0) is 41.7 Å². The van der Waals surface area contributed by atoms with Gasteiger partial charge in [0.25, 0.3) is 5.91 Å². The molecular formula is C19H22N2O4. The molecule has 0 atom stereocenters. The zero-order valence-electron chi connectivity index (χ0n) is 14.8. The zero-order valence-corrected chi connectivity index (χ0v) is 14.8. The van der Waals surface area contributed by atoms with Crippen molar-refractivity contribution >= 4 is 17.3 Å². The van der Waals surface area contributed by atoms with Gasteiger partial charge in [-0.25, -0.2) is 0 Å². The lowest BCUT2D eigenvalue weighted by atomic mass is 9.87. The van der Waals surface area contributed by atoms with Crippen molar-refractivity contribution in [2.45, 2.75) is 33.1 Å². The Kier molecular flexibility index (Phi) is 5.41. The average Bonchev–Trinajstić information content (AvgIpc) is 2.53. The number of rotatable bonds is 5. The van der Waals surface area contributed by atoms with Gasteiger partial charge in [0, 0.05) is 11.8 Å². The molecule has 0 radical (unpaired) electrons. The molecule has 0 saturated carbocycles. The second kappa shape index (κ2) is 7.34. The highest BCUT2D eigenvalue weighted by Gasteiger charge is 2.17. The van der Waals surface area contributed by atoms with Gasteiger partial charge >= 0.3 is 5.69 Å². The minimum absolute atomic E-state index is 0.0377. The van der Waals surface area contributed by atoms with E-state index in [0.29, 0.717) is 5.69 Å². The molecule has 0 fully saturated rings. The summed E-state index contributed by atoms with van der Waals surface area (Å²) in [4.78, 5) is 22.5. The number of nitrogens with zero attached hydrogens (tertiary/aromatic N) is 1. The van der Waals surface area contributed by atoms with Crippen molar-refractivity contribution in [3.63, 3.8) is 0 Å². The van der Waals surface area contributed by atoms with Crippen LogP contribution in [0.15, 0.2) is 42.5 Å². The molecule has 0 saturated heterocycles. The number of amides is 1. The number of aryl methyl sites for hydroxylation is 1. The second-order valence-corrected chi connectivity index (χ2v) is 6.89. The van der Waals surface area contributed by atoms with Crippen molar-refractivity contribution in [3.05, 3.63) is 63.7 Å². The van der Waals surface area contributed by atoms with Crippen LogP contribution in [-0.2, 0) is 10.2 Å². The second-order valence-electron chi connectivity index (χ2n) is 6.89. The SMILES string of the molecule is Cc1ccc(OCC(=O)Nc2ccc(C(C)(C)C)cc2)c([N+](=O)[O-])c1. The molecule has 0 aliphatic carbocycles. The van der Waals surface area contributed by atoms with E-state index in [1.165, 1.54) is 12.1 Å². The van der Waals surface area contributed by atoms with E-state index in [1.807, 2.05) is 24.3 Å². The number of hydrogen-bond acceptors (Lipinski definition) is 4. The maximum Gasteiger partial charge on any atom is 0.311 e. The van der Waals surface area contributed by atoms with Gasteiger partial charge in [0.2, 0.25) is 0 Å². The fraction of sp³-hybridized carbons (Fsp3) is 0.316. The average molecular weight is 342 g/mol. The molecule has 132 valence electrons. The van der Waals surface area contributed by atoms with E-state index in [-0.39, 0.29) is 29.4 Å². The fourth-order valence-corrected chi connectivity index (χ4v) is 2.29. The quantitative estimate of drug-likeness (QED) is 0.651. The molecule has 0 bridgehead atoms. The number of nitro groups is 1. The third kappa shape index (κ3) is 5.04. The van der Waals surface area contributed by atoms with E-state index in [9.17, 15) is 14.9 Å². The van der Waals surface area contributed by atoms with Crippen molar-refractivity contribution in [1.29, 1.82) is 0 Å². The zero-order chi connectivity index (χ0) is 18.6. The van der Waals surface area contributed by atoms with E-state index in [1.54, 1.807) is 13.0 Å². The normalized spacial score (nSPS) is 11.0. The van der Waals surface area contributed by atoms with E-state index in [0.717, 1.165) is 11.1 Å². The summed E-state index contributed by atoms with van der Waals surface area (Å²) in [6.45, 7) is 7.80. The highest BCUT2D eigenvalue weighted by Crippen LogP contribution is 2.28. The summed E-state index contributed by atoms with van der Waals surface area (Å²) >= 11 is 0. The molecule has 0 aromatic heterocycles. The van der Waals surface area contributed by atoms with E-state index >= 15 is 0 Å². The number of hydrogen-bond donors (Lipinski definition) is 1. The number of nitro benzene ring substituents is 1. The third-order valence-electron chi connectivity index (χ3n) is 3.70. The highest BCUT2D eigenvalue weighted by atomic mass is 16.6. The fourth-order valence-electron chi connectivity index (χ4n) is 2.29. The lowest BCUT2D eigenvalue weighted by Crippen LogP contribution is -2.20. The van der Waals surface area contributed by atoms with Crippen LogP contribution in [0.3, 0.4) is 0 Å². The molecule has 0 unspecified atom stereocenters.